The molecule has 1 aliphatic carbocycles. The monoisotopic (exact) mass is 490 g/mol. The standard InChI is InChI=1S/C25H22F4N2O4/c1-24(2,23(32)33)35-18-9-10-20(19(26)11-18)34-13-16-12-30-22(31-21(16)14-3-4-14)15-5-7-17(8-6-15)25(27,28)29/h5-12,14H,3-4,13H2,1-2H3,(H,32,33). The van der Waals surface area contributed by atoms with Gasteiger partial charge in [0, 0.05) is 29.3 Å². The van der Waals surface area contributed by atoms with Crippen LogP contribution in [0.3, 0.4) is 0 Å². The van der Waals surface area contributed by atoms with Crippen LogP contribution in [0.1, 0.15) is 49.4 Å². The number of aliphatic carboxylic acids is 1. The summed E-state index contributed by atoms with van der Waals surface area (Å²) in [5, 5.41) is 9.15. The summed E-state index contributed by atoms with van der Waals surface area (Å²) in [6, 6.07) is 8.43. The van der Waals surface area contributed by atoms with Gasteiger partial charge in [-0.3, -0.25) is 0 Å². The molecule has 0 aliphatic heterocycles. The highest BCUT2D eigenvalue weighted by atomic mass is 19.4. The normalized spacial score (nSPS) is 14.0. The molecule has 6 nitrogen and oxygen atoms in total. The number of carbonyl (C=O) groups is 1. The van der Waals surface area contributed by atoms with Crippen LogP contribution in [0.5, 0.6) is 11.5 Å². The average Bonchev–Trinajstić information content (AvgIpc) is 3.63. The summed E-state index contributed by atoms with van der Waals surface area (Å²) in [6.07, 6.45) is -1.06. The van der Waals surface area contributed by atoms with Gasteiger partial charge in [-0.1, -0.05) is 12.1 Å². The maximum atomic E-state index is 14.5. The van der Waals surface area contributed by atoms with E-state index in [1.165, 1.54) is 38.1 Å². The molecule has 0 spiro atoms. The van der Waals surface area contributed by atoms with Gasteiger partial charge in [-0.15, -0.1) is 0 Å². The molecule has 0 bridgehead atoms. The maximum absolute atomic E-state index is 14.5. The van der Waals surface area contributed by atoms with Crippen molar-refractivity contribution in [1.82, 2.24) is 9.97 Å². The quantitative estimate of drug-likeness (QED) is 0.390. The lowest BCUT2D eigenvalue weighted by Gasteiger charge is -2.21. The van der Waals surface area contributed by atoms with Crippen LogP contribution < -0.4 is 9.47 Å². The van der Waals surface area contributed by atoms with Crippen molar-refractivity contribution in [2.75, 3.05) is 0 Å². The minimum absolute atomic E-state index is 0.0170. The first kappa shape index (κ1) is 24.4. The topological polar surface area (TPSA) is 81.5 Å². The molecular weight excluding hydrogens is 468 g/mol. The fourth-order valence-electron chi connectivity index (χ4n) is 3.34. The summed E-state index contributed by atoms with van der Waals surface area (Å²) in [5.41, 5.74) is -0.453. The molecule has 0 unspecified atom stereocenters. The van der Waals surface area contributed by atoms with E-state index >= 15 is 0 Å². The van der Waals surface area contributed by atoms with Crippen LogP contribution in [-0.2, 0) is 17.6 Å². The number of benzene rings is 2. The lowest BCUT2D eigenvalue weighted by atomic mass is 10.1. The summed E-state index contributed by atoms with van der Waals surface area (Å²) in [5.74, 6) is -1.43. The summed E-state index contributed by atoms with van der Waals surface area (Å²) in [7, 11) is 0. The van der Waals surface area contributed by atoms with E-state index in [-0.39, 0.29) is 24.0 Å². The second-order valence-corrected chi connectivity index (χ2v) is 8.75. The number of aromatic nitrogens is 2. The molecule has 0 amide bonds. The fourth-order valence-corrected chi connectivity index (χ4v) is 3.34. The molecule has 3 aromatic rings. The third-order valence-corrected chi connectivity index (χ3v) is 5.51. The Morgan fingerprint density at radius 1 is 1.11 bits per heavy atom. The molecule has 0 saturated heterocycles. The maximum Gasteiger partial charge on any atom is 0.416 e. The molecule has 0 radical (unpaired) electrons. The van der Waals surface area contributed by atoms with E-state index < -0.39 is 29.1 Å². The zero-order chi connectivity index (χ0) is 25.4. The number of nitrogens with zero attached hydrogens (tertiary/aromatic N) is 2. The third kappa shape index (κ3) is 5.70. The first-order chi connectivity index (χ1) is 16.4. The van der Waals surface area contributed by atoms with Gasteiger partial charge >= 0.3 is 12.1 Å². The Bertz CT molecular complexity index is 1240. The second kappa shape index (κ2) is 9.16. The second-order valence-electron chi connectivity index (χ2n) is 8.75. The number of halogens is 4. The molecule has 10 heteroatoms. The highest BCUT2D eigenvalue weighted by molar-refractivity contribution is 5.76. The van der Waals surface area contributed by atoms with Crippen LogP contribution >= 0.6 is 0 Å². The summed E-state index contributed by atoms with van der Waals surface area (Å²) < 4.78 is 64.0. The Labute approximate surface area is 198 Å². The summed E-state index contributed by atoms with van der Waals surface area (Å²) in [6.45, 7) is 2.69. The van der Waals surface area contributed by atoms with Crippen molar-refractivity contribution >= 4 is 5.97 Å². The van der Waals surface area contributed by atoms with Crippen molar-refractivity contribution in [2.24, 2.45) is 0 Å². The van der Waals surface area contributed by atoms with E-state index in [0.29, 0.717) is 17.0 Å². The molecule has 1 saturated carbocycles. The van der Waals surface area contributed by atoms with Crippen molar-refractivity contribution in [3.8, 4) is 22.9 Å². The molecule has 184 valence electrons. The first-order valence-corrected chi connectivity index (χ1v) is 10.8. The average molecular weight is 490 g/mol. The number of carboxylic acid groups (broad SMARTS) is 1. The Hall–Kier alpha value is -3.69. The smallest absolute Gasteiger partial charge is 0.416 e. The predicted octanol–water partition coefficient (Wildman–Crippen LogP) is 6.00. The van der Waals surface area contributed by atoms with Gasteiger partial charge < -0.3 is 14.6 Å². The number of rotatable bonds is 8. The molecule has 4 rings (SSSR count). The van der Waals surface area contributed by atoms with Gasteiger partial charge in [-0.25, -0.2) is 19.2 Å². The van der Waals surface area contributed by atoms with Gasteiger partial charge in [0.15, 0.2) is 23.0 Å². The van der Waals surface area contributed by atoms with Gasteiger partial charge in [0.2, 0.25) is 0 Å². The molecule has 1 aliphatic rings. The molecule has 0 atom stereocenters. The molecule has 1 aromatic heterocycles. The molecule has 2 aromatic carbocycles. The first-order valence-electron chi connectivity index (χ1n) is 10.8. The van der Waals surface area contributed by atoms with E-state index in [4.69, 9.17) is 14.6 Å². The van der Waals surface area contributed by atoms with Crippen molar-refractivity contribution < 1.29 is 36.9 Å². The zero-order valence-electron chi connectivity index (χ0n) is 18.9. The van der Waals surface area contributed by atoms with Gasteiger partial charge in [0.1, 0.15) is 12.4 Å². The van der Waals surface area contributed by atoms with Gasteiger partial charge in [-0.05, 0) is 51.0 Å². The number of alkyl halides is 3. The van der Waals surface area contributed by atoms with Gasteiger partial charge in [0.05, 0.1) is 11.3 Å². The summed E-state index contributed by atoms with van der Waals surface area (Å²) >= 11 is 0. The fraction of sp³-hybridized carbons (Fsp3) is 0.320. The van der Waals surface area contributed by atoms with Crippen LogP contribution in [0.25, 0.3) is 11.4 Å². The van der Waals surface area contributed by atoms with Crippen molar-refractivity contribution in [1.29, 1.82) is 0 Å². The van der Waals surface area contributed by atoms with Crippen LogP contribution in [-0.4, -0.2) is 26.6 Å². The Morgan fingerprint density at radius 2 is 1.80 bits per heavy atom. The minimum Gasteiger partial charge on any atom is -0.486 e. The van der Waals surface area contributed by atoms with Gasteiger partial charge in [0.25, 0.3) is 0 Å². The van der Waals surface area contributed by atoms with Gasteiger partial charge in [-0.2, -0.15) is 13.2 Å². The van der Waals surface area contributed by atoms with E-state index in [1.807, 2.05) is 0 Å². The van der Waals surface area contributed by atoms with E-state index in [9.17, 15) is 22.4 Å². The third-order valence-electron chi connectivity index (χ3n) is 5.51. The number of carboxylic acids is 1. The van der Waals surface area contributed by atoms with E-state index in [0.717, 1.165) is 36.7 Å². The van der Waals surface area contributed by atoms with Crippen molar-refractivity contribution in [3.05, 3.63) is 71.3 Å². The molecule has 1 heterocycles. The van der Waals surface area contributed by atoms with Crippen molar-refractivity contribution in [3.63, 3.8) is 0 Å². The van der Waals surface area contributed by atoms with E-state index in [2.05, 4.69) is 9.97 Å². The summed E-state index contributed by atoms with van der Waals surface area (Å²) in [4.78, 5) is 20.0. The zero-order valence-corrected chi connectivity index (χ0v) is 18.9. The van der Waals surface area contributed by atoms with Crippen LogP contribution in [0, 0.1) is 5.82 Å². The molecule has 1 fully saturated rings. The number of hydrogen-bond donors (Lipinski definition) is 1. The Kier molecular flexibility index (Phi) is 6.40. The SMILES string of the molecule is CC(C)(Oc1ccc(OCc2cnc(-c3ccc(C(F)(F)F)cc3)nc2C2CC2)c(F)c1)C(=O)O. The largest absolute Gasteiger partial charge is 0.486 e. The highest BCUT2D eigenvalue weighted by Crippen LogP contribution is 2.41. The van der Waals surface area contributed by atoms with Crippen LogP contribution in [0.15, 0.2) is 48.7 Å². The predicted molar refractivity (Wildman–Crippen MR) is 118 cm³/mol. The lowest BCUT2D eigenvalue weighted by Crippen LogP contribution is -2.37. The Morgan fingerprint density at radius 3 is 2.37 bits per heavy atom. The highest BCUT2D eigenvalue weighted by Gasteiger charge is 2.32. The molecular formula is C25H22F4N2O4. The van der Waals surface area contributed by atoms with Crippen molar-refractivity contribution in [2.45, 2.75) is 51.0 Å². The lowest BCUT2D eigenvalue weighted by molar-refractivity contribution is -0.152. The van der Waals surface area contributed by atoms with Crippen LogP contribution in [0.2, 0.25) is 0 Å². The molecule has 35 heavy (non-hydrogen) atoms. The Balaban J connectivity index is 1.50. The number of hydrogen-bond acceptors (Lipinski definition) is 5. The van der Waals surface area contributed by atoms with E-state index in [1.54, 1.807) is 6.20 Å². The molecule has 1 N–H and O–H groups in total. The number of ether oxygens (including phenoxy) is 2. The van der Waals surface area contributed by atoms with Crippen LogP contribution in [0.4, 0.5) is 17.6 Å². The minimum atomic E-state index is -4.42.